The first-order chi connectivity index (χ1) is 10.2. The van der Waals surface area contributed by atoms with E-state index in [1.807, 2.05) is 0 Å². The Balaban J connectivity index is 2.93. The van der Waals surface area contributed by atoms with Crippen molar-refractivity contribution in [3.8, 4) is 0 Å². The lowest BCUT2D eigenvalue weighted by atomic mass is 10.1. The molecule has 0 aromatic carbocycles. The quantitative estimate of drug-likeness (QED) is 0.584. The van der Waals surface area contributed by atoms with Crippen LogP contribution < -0.4 is 0 Å². The number of rotatable bonds is 4. The second-order valence-electron chi connectivity index (χ2n) is 6.27. The summed E-state index contributed by atoms with van der Waals surface area (Å²) < 4.78 is 18.5. The number of aldehydes is 1. The summed E-state index contributed by atoms with van der Waals surface area (Å²) in [5, 5.41) is 0. The Hall–Kier alpha value is -1.91. The van der Waals surface area contributed by atoms with Crippen molar-refractivity contribution in [2.75, 3.05) is 0 Å². The third kappa shape index (κ3) is 4.83. The van der Waals surface area contributed by atoms with Crippen LogP contribution in [0.4, 0.5) is 9.18 Å². The molecule has 0 radical (unpaired) electrons. The lowest BCUT2D eigenvalue weighted by molar-refractivity contribution is -0.111. The minimum Gasteiger partial charge on any atom is -0.444 e. The Morgan fingerprint density at radius 2 is 1.95 bits per heavy atom. The zero-order chi connectivity index (χ0) is 16.9. The lowest BCUT2D eigenvalue weighted by Gasteiger charge is -2.31. The van der Waals surface area contributed by atoms with Gasteiger partial charge < -0.3 is 9.53 Å². The van der Waals surface area contributed by atoms with E-state index in [0.29, 0.717) is 18.4 Å². The third-order valence-corrected chi connectivity index (χ3v) is 3.35. The predicted octanol–water partition coefficient (Wildman–Crippen LogP) is 3.94. The van der Waals surface area contributed by atoms with E-state index in [4.69, 9.17) is 4.74 Å². The Morgan fingerprint density at radius 1 is 1.32 bits per heavy atom. The maximum atomic E-state index is 13.2. The molecule has 0 aromatic rings. The highest BCUT2D eigenvalue weighted by molar-refractivity contribution is 5.75. The molecule has 5 heteroatoms. The van der Waals surface area contributed by atoms with Crippen molar-refractivity contribution in [3.05, 3.63) is 36.2 Å². The molecule has 1 heterocycles. The van der Waals surface area contributed by atoms with Crippen LogP contribution in [0.15, 0.2) is 36.2 Å². The summed E-state index contributed by atoms with van der Waals surface area (Å²) in [6.45, 7) is 10.8. The second kappa shape index (κ2) is 7.38. The first-order valence-electron chi connectivity index (χ1n) is 7.35. The Morgan fingerprint density at radius 3 is 2.45 bits per heavy atom. The average molecular weight is 309 g/mol. The van der Waals surface area contributed by atoms with Gasteiger partial charge in [0.05, 0.1) is 12.1 Å². The first-order valence-corrected chi connectivity index (χ1v) is 7.35. The summed E-state index contributed by atoms with van der Waals surface area (Å²) in [7, 11) is 0. The molecule has 0 aromatic heterocycles. The maximum Gasteiger partial charge on any atom is 0.411 e. The van der Waals surface area contributed by atoms with Gasteiger partial charge in [-0.05, 0) is 52.2 Å². The number of carbonyl (C=O) groups excluding carboxylic acids is 2. The van der Waals surface area contributed by atoms with Crippen LogP contribution >= 0.6 is 0 Å². The maximum absolute atomic E-state index is 13.2. The Labute approximate surface area is 131 Å². The molecule has 2 atom stereocenters. The van der Waals surface area contributed by atoms with E-state index in [1.165, 1.54) is 23.1 Å². The van der Waals surface area contributed by atoms with E-state index < -0.39 is 17.7 Å². The van der Waals surface area contributed by atoms with Crippen LogP contribution in [0.2, 0.25) is 0 Å². The molecule has 1 rings (SSSR count). The lowest BCUT2D eigenvalue weighted by Crippen LogP contribution is -2.45. The van der Waals surface area contributed by atoms with Gasteiger partial charge in [-0.2, -0.15) is 0 Å². The molecule has 0 unspecified atom stereocenters. The van der Waals surface area contributed by atoms with Gasteiger partial charge in [-0.15, -0.1) is 0 Å². The number of carbonyl (C=O) groups is 2. The van der Waals surface area contributed by atoms with Crippen molar-refractivity contribution < 1.29 is 18.7 Å². The number of halogens is 1. The number of ether oxygens (including phenoxy) is 1. The summed E-state index contributed by atoms with van der Waals surface area (Å²) in [6.07, 6.45) is 5.50. The highest BCUT2D eigenvalue weighted by Gasteiger charge is 2.39. The SMILES string of the molecule is C=C(/C=C\C(F)=C/C)[C@@H]1CC[C@H](C=O)N1C(=O)OC(C)(C)C. The Kier molecular flexibility index (Phi) is 6.09. The number of amides is 1. The predicted molar refractivity (Wildman–Crippen MR) is 84.1 cm³/mol. The molecule has 0 saturated carbocycles. The van der Waals surface area contributed by atoms with Crippen molar-refractivity contribution in [2.45, 2.75) is 58.2 Å². The monoisotopic (exact) mass is 309 g/mol. The van der Waals surface area contributed by atoms with Gasteiger partial charge in [-0.1, -0.05) is 18.7 Å². The number of allylic oxidation sites excluding steroid dienone is 3. The minimum atomic E-state index is -0.647. The Bertz CT molecular complexity index is 503. The van der Waals surface area contributed by atoms with E-state index >= 15 is 0 Å². The van der Waals surface area contributed by atoms with Crippen LogP contribution in [-0.2, 0) is 9.53 Å². The van der Waals surface area contributed by atoms with Crippen molar-refractivity contribution in [3.63, 3.8) is 0 Å². The van der Waals surface area contributed by atoms with Crippen LogP contribution in [-0.4, -0.2) is 35.0 Å². The normalized spacial score (nSPS) is 23.0. The third-order valence-electron chi connectivity index (χ3n) is 3.35. The smallest absolute Gasteiger partial charge is 0.411 e. The summed E-state index contributed by atoms with van der Waals surface area (Å²) in [5.41, 5.74) is -0.0708. The van der Waals surface area contributed by atoms with Gasteiger partial charge in [0.1, 0.15) is 17.7 Å². The zero-order valence-electron chi connectivity index (χ0n) is 13.6. The second-order valence-corrected chi connectivity index (χ2v) is 6.27. The summed E-state index contributed by atoms with van der Waals surface area (Å²) in [6, 6.07) is -0.887. The van der Waals surface area contributed by atoms with Gasteiger partial charge in [0.25, 0.3) is 0 Å². The van der Waals surface area contributed by atoms with Crippen molar-refractivity contribution in [1.82, 2.24) is 4.90 Å². The van der Waals surface area contributed by atoms with Gasteiger partial charge in [-0.3, -0.25) is 4.90 Å². The van der Waals surface area contributed by atoms with Crippen LogP contribution in [0.5, 0.6) is 0 Å². The van der Waals surface area contributed by atoms with Crippen LogP contribution in [0.1, 0.15) is 40.5 Å². The molecule has 4 nitrogen and oxygen atoms in total. The number of likely N-dealkylation sites (tertiary alicyclic amines) is 1. The van der Waals surface area contributed by atoms with E-state index in [2.05, 4.69) is 6.58 Å². The molecule has 0 N–H and O–H groups in total. The standard InChI is InChI=1S/C17H24FNO3/c1-6-13(18)8-7-12(2)15-10-9-14(11-20)19(15)16(21)22-17(3,4)5/h6-8,11,14-15H,2,9-10H2,1,3-5H3/b8-7-,13-6+/t14-,15+/m1/s1. The highest BCUT2D eigenvalue weighted by Crippen LogP contribution is 2.30. The molecule has 1 fully saturated rings. The number of hydrogen-bond acceptors (Lipinski definition) is 3. The van der Waals surface area contributed by atoms with Gasteiger partial charge in [0, 0.05) is 0 Å². The molecule has 22 heavy (non-hydrogen) atoms. The summed E-state index contributed by atoms with van der Waals surface area (Å²) in [4.78, 5) is 24.9. The van der Waals surface area contributed by atoms with Gasteiger partial charge in [0.15, 0.2) is 0 Å². The fourth-order valence-electron chi connectivity index (χ4n) is 2.31. The van der Waals surface area contributed by atoms with Gasteiger partial charge in [0.2, 0.25) is 0 Å². The van der Waals surface area contributed by atoms with Crippen LogP contribution in [0.25, 0.3) is 0 Å². The summed E-state index contributed by atoms with van der Waals surface area (Å²) >= 11 is 0. The first kappa shape index (κ1) is 18.1. The molecule has 1 aliphatic rings. The molecule has 1 saturated heterocycles. The molecule has 0 bridgehead atoms. The molecular formula is C17H24FNO3. The topological polar surface area (TPSA) is 46.6 Å². The van der Waals surface area contributed by atoms with Crippen molar-refractivity contribution in [2.24, 2.45) is 0 Å². The molecule has 1 amide bonds. The van der Waals surface area contributed by atoms with Gasteiger partial charge in [-0.25, -0.2) is 9.18 Å². The molecule has 1 aliphatic heterocycles. The summed E-state index contributed by atoms with van der Waals surface area (Å²) in [5.74, 6) is -0.380. The van der Waals surface area contributed by atoms with Gasteiger partial charge >= 0.3 is 6.09 Å². The minimum absolute atomic E-state index is 0.356. The highest BCUT2D eigenvalue weighted by atomic mass is 19.1. The molecule has 0 spiro atoms. The fraction of sp³-hybridized carbons (Fsp3) is 0.529. The van der Waals surface area contributed by atoms with E-state index in [-0.39, 0.29) is 11.9 Å². The van der Waals surface area contributed by atoms with Crippen molar-refractivity contribution in [1.29, 1.82) is 0 Å². The van der Waals surface area contributed by atoms with E-state index in [1.54, 1.807) is 27.7 Å². The molecular weight excluding hydrogens is 285 g/mol. The van der Waals surface area contributed by atoms with Crippen LogP contribution in [0.3, 0.4) is 0 Å². The molecule has 0 aliphatic carbocycles. The number of nitrogens with zero attached hydrogens (tertiary/aromatic N) is 1. The largest absolute Gasteiger partial charge is 0.444 e. The number of hydrogen-bond donors (Lipinski definition) is 0. The van der Waals surface area contributed by atoms with Crippen molar-refractivity contribution >= 4 is 12.4 Å². The fourth-order valence-corrected chi connectivity index (χ4v) is 2.31. The van der Waals surface area contributed by atoms with Crippen LogP contribution in [0, 0.1) is 0 Å². The average Bonchev–Trinajstić information content (AvgIpc) is 2.86. The zero-order valence-corrected chi connectivity index (χ0v) is 13.6. The van der Waals surface area contributed by atoms with E-state index in [9.17, 15) is 14.0 Å². The van der Waals surface area contributed by atoms with E-state index in [0.717, 1.165) is 6.29 Å². The molecule has 122 valence electrons.